The molecule has 2 aromatic carbocycles. The number of nitrogens with zero attached hydrogens (tertiary/aromatic N) is 2. The number of halogens is 1. The third-order valence-corrected chi connectivity index (χ3v) is 7.29. The highest BCUT2D eigenvalue weighted by Crippen LogP contribution is 2.44. The summed E-state index contributed by atoms with van der Waals surface area (Å²) in [5.41, 5.74) is 1.79. The molecule has 2 saturated heterocycles. The number of anilines is 2. The third kappa shape index (κ3) is 4.24. The first-order chi connectivity index (χ1) is 16.4. The van der Waals surface area contributed by atoms with E-state index in [1.54, 1.807) is 24.3 Å². The fourth-order valence-corrected chi connectivity index (χ4v) is 5.58. The predicted octanol–water partition coefficient (Wildman–Crippen LogP) is 3.56. The Morgan fingerprint density at radius 3 is 2.62 bits per heavy atom. The number of thiocarbonyl (C=S) groups is 1. The van der Waals surface area contributed by atoms with Crippen LogP contribution >= 0.6 is 24.0 Å². The molecule has 0 radical (unpaired) electrons. The van der Waals surface area contributed by atoms with Crippen molar-refractivity contribution in [2.24, 2.45) is 0 Å². The molecule has 0 aliphatic carbocycles. The Bertz CT molecular complexity index is 1220. The summed E-state index contributed by atoms with van der Waals surface area (Å²) in [5, 5.41) is 2.66. The second kappa shape index (κ2) is 9.28. The number of thioether (sulfide) groups is 1. The molecule has 7 nitrogen and oxygen atoms in total. The fraction of sp³-hybridized carbons (Fsp3) is 0.250. The van der Waals surface area contributed by atoms with Crippen LogP contribution in [0.4, 0.5) is 15.8 Å². The second-order valence-electron chi connectivity index (χ2n) is 8.09. The van der Waals surface area contributed by atoms with E-state index in [0.717, 1.165) is 24.6 Å². The fourth-order valence-electron chi connectivity index (χ4n) is 4.23. The van der Waals surface area contributed by atoms with Gasteiger partial charge in [-0.05, 0) is 43.2 Å². The average Bonchev–Trinajstić information content (AvgIpc) is 3.50. The van der Waals surface area contributed by atoms with Crippen LogP contribution in [0, 0.1) is 5.82 Å². The first-order valence-electron chi connectivity index (χ1n) is 10.8. The smallest absolute Gasteiger partial charge is 0.267 e. The largest absolute Gasteiger partial charge is 0.376 e. The van der Waals surface area contributed by atoms with Crippen LogP contribution in [-0.2, 0) is 19.1 Å². The number of amides is 3. The van der Waals surface area contributed by atoms with Gasteiger partial charge in [-0.1, -0.05) is 42.2 Å². The Kier molecular flexibility index (Phi) is 6.20. The molecule has 1 unspecified atom stereocenters. The average molecular weight is 498 g/mol. The molecular formula is C24H20FN3O4S2. The predicted molar refractivity (Wildman–Crippen MR) is 132 cm³/mol. The number of rotatable bonds is 5. The molecule has 2 aromatic rings. The maximum absolute atomic E-state index is 13.5. The van der Waals surface area contributed by atoms with Gasteiger partial charge >= 0.3 is 0 Å². The molecule has 174 valence electrons. The minimum Gasteiger partial charge on any atom is -0.376 e. The van der Waals surface area contributed by atoms with Crippen LogP contribution in [0.5, 0.6) is 0 Å². The van der Waals surface area contributed by atoms with Gasteiger partial charge in [0.25, 0.3) is 11.8 Å². The van der Waals surface area contributed by atoms with Crippen LogP contribution < -0.4 is 10.2 Å². The molecule has 3 aliphatic rings. The Morgan fingerprint density at radius 2 is 1.88 bits per heavy atom. The van der Waals surface area contributed by atoms with Crippen LogP contribution in [0.1, 0.15) is 18.4 Å². The molecule has 1 atom stereocenters. The van der Waals surface area contributed by atoms with Crippen molar-refractivity contribution in [2.75, 3.05) is 29.9 Å². The summed E-state index contributed by atoms with van der Waals surface area (Å²) >= 11 is 6.55. The SMILES string of the molecule is O=C(CN1C(=O)C(=C2SC(=S)N(CC3CCCO3)C2=O)c2ccccc21)Nc1ccc(F)cc1. The number of benzene rings is 2. The van der Waals surface area contributed by atoms with Crippen LogP contribution in [0.2, 0.25) is 0 Å². The summed E-state index contributed by atoms with van der Waals surface area (Å²) in [4.78, 5) is 42.5. The van der Waals surface area contributed by atoms with Crippen molar-refractivity contribution in [1.82, 2.24) is 4.90 Å². The van der Waals surface area contributed by atoms with E-state index < -0.39 is 17.6 Å². The van der Waals surface area contributed by atoms with Gasteiger partial charge < -0.3 is 10.1 Å². The summed E-state index contributed by atoms with van der Waals surface area (Å²) in [6, 6.07) is 12.4. The van der Waals surface area contributed by atoms with E-state index in [0.29, 0.717) is 34.4 Å². The molecule has 3 aliphatic heterocycles. The molecule has 2 fully saturated rings. The second-order valence-corrected chi connectivity index (χ2v) is 9.73. The van der Waals surface area contributed by atoms with E-state index in [1.807, 2.05) is 0 Å². The molecule has 10 heteroatoms. The van der Waals surface area contributed by atoms with E-state index in [2.05, 4.69) is 5.32 Å². The normalized spacial score (nSPS) is 22.0. The summed E-state index contributed by atoms with van der Waals surface area (Å²) in [6.45, 7) is 0.773. The summed E-state index contributed by atoms with van der Waals surface area (Å²) in [5.74, 6) is -1.61. The molecule has 3 amide bonds. The zero-order valence-corrected chi connectivity index (χ0v) is 19.6. The first-order valence-corrected chi connectivity index (χ1v) is 12.0. The topological polar surface area (TPSA) is 79.0 Å². The standard InChI is InChI=1S/C24H20FN3O4S2/c25-14-7-9-15(10-8-14)26-19(29)13-27-18-6-2-1-5-17(18)20(22(27)30)21-23(31)28(24(33)34-21)12-16-4-3-11-32-16/h1-2,5-10,16H,3-4,11-13H2,(H,26,29). The number of ether oxygens (including phenoxy) is 1. The maximum Gasteiger partial charge on any atom is 0.267 e. The molecular weight excluding hydrogens is 477 g/mol. The van der Waals surface area contributed by atoms with Gasteiger partial charge in [0.15, 0.2) is 0 Å². The van der Waals surface area contributed by atoms with Gasteiger partial charge in [0.1, 0.15) is 16.7 Å². The monoisotopic (exact) mass is 497 g/mol. The Balaban J connectivity index is 1.41. The number of fused-ring (bicyclic) bond motifs is 1. The molecule has 0 saturated carbocycles. The van der Waals surface area contributed by atoms with Gasteiger partial charge in [-0.2, -0.15) is 0 Å². The number of carbonyl (C=O) groups excluding carboxylic acids is 3. The van der Waals surface area contributed by atoms with Gasteiger partial charge in [-0.25, -0.2) is 4.39 Å². The van der Waals surface area contributed by atoms with Crippen molar-refractivity contribution in [3.05, 3.63) is 64.8 Å². The third-order valence-electron chi connectivity index (χ3n) is 5.84. The summed E-state index contributed by atoms with van der Waals surface area (Å²) in [7, 11) is 0. The highest BCUT2D eigenvalue weighted by Gasteiger charge is 2.43. The molecule has 34 heavy (non-hydrogen) atoms. The number of carbonyl (C=O) groups is 3. The lowest BCUT2D eigenvalue weighted by molar-refractivity contribution is -0.123. The molecule has 1 N–H and O–H groups in total. The maximum atomic E-state index is 13.5. The number of nitrogens with one attached hydrogen (secondary N) is 1. The number of para-hydroxylation sites is 1. The van der Waals surface area contributed by atoms with Crippen LogP contribution in [0.15, 0.2) is 53.4 Å². The van der Waals surface area contributed by atoms with Crippen molar-refractivity contribution < 1.29 is 23.5 Å². The van der Waals surface area contributed by atoms with Crippen LogP contribution in [0.25, 0.3) is 5.57 Å². The van der Waals surface area contributed by atoms with Gasteiger partial charge in [-0.15, -0.1) is 0 Å². The van der Waals surface area contributed by atoms with Crippen molar-refractivity contribution in [1.29, 1.82) is 0 Å². The lowest BCUT2D eigenvalue weighted by Crippen LogP contribution is -2.36. The van der Waals surface area contributed by atoms with Gasteiger partial charge in [0, 0.05) is 17.9 Å². The molecule has 0 bridgehead atoms. The van der Waals surface area contributed by atoms with E-state index in [4.69, 9.17) is 17.0 Å². The van der Waals surface area contributed by atoms with Crippen molar-refractivity contribution in [2.45, 2.75) is 18.9 Å². The van der Waals surface area contributed by atoms with Crippen molar-refractivity contribution in [3.8, 4) is 0 Å². The highest BCUT2D eigenvalue weighted by atomic mass is 32.2. The Morgan fingerprint density at radius 1 is 1.12 bits per heavy atom. The zero-order chi connectivity index (χ0) is 23.8. The van der Waals surface area contributed by atoms with Gasteiger partial charge in [0.2, 0.25) is 5.91 Å². The molecule has 3 heterocycles. The Hall–Kier alpha value is -3.08. The lowest BCUT2D eigenvalue weighted by atomic mass is 10.1. The number of hydrogen-bond donors (Lipinski definition) is 1. The van der Waals surface area contributed by atoms with E-state index in [1.165, 1.54) is 34.1 Å². The zero-order valence-electron chi connectivity index (χ0n) is 18.0. The summed E-state index contributed by atoms with van der Waals surface area (Å²) in [6.07, 6.45) is 1.74. The molecule has 0 aromatic heterocycles. The van der Waals surface area contributed by atoms with Gasteiger partial charge in [-0.3, -0.25) is 24.2 Å². The lowest BCUT2D eigenvalue weighted by Gasteiger charge is -2.18. The quantitative estimate of drug-likeness (QED) is 0.503. The van der Waals surface area contributed by atoms with Crippen LogP contribution in [0.3, 0.4) is 0 Å². The van der Waals surface area contributed by atoms with Crippen molar-refractivity contribution in [3.63, 3.8) is 0 Å². The number of hydrogen-bond acceptors (Lipinski definition) is 6. The minimum absolute atomic E-state index is 0.0647. The van der Waals surface area contributed by atoms with E-state index in [9.17, 15) is 18.8 Å². The highest BCUT2D eigenvalue weighted by molar-refractivity contribution is 8.26. The van der Waals surface area contributed by atoms with Gasteiger partial charge in [0.05, 0.1) is 28.8 Å². The van der Waals surface area contributed by atoms with Crippen molar-refractivity contribution >= 4 is 63.0 Å². The first kappa shape index (κ1) is 22.7. The van der Waals surface area contributed by atoms with E-state index in [-0.39, 0.29) is 29.0 Å². The minimum atomic E-state index is -0.443. The molecule has 0 spiro atoms. The van der Waals surface area contributed by atoms with Crippen LogP contribution in [-0.4, -0.2) is 52.7 Å². The molecule has 5 rings (SSSR count). The van der Waals surface area contributed by atoms with E-state index >= 15 is 0 Å². The summed E-state index contributed by atoms with van der Waals surface area (Å²) < 4.78 is 19.2. The Labute approximate surface area is 204 Å².